The molecule has 0 aromatic heterocycles. The van der Waals surface area contributed by atoms with Gasteiger partial charge in [0.1, 0.15) is 6.61 Å². The molecule has 1 nitrogen and oxygen atoms in total. The first-order valence-corrected chi connectivity index (χ1v) is 2.94. The maximum Gasteiger partial charge on any atom is 0.109 e. The molecule has 1 rings (SSSR count). The van der Waals surface area contributed by atoms with E-state index in [0.717, 1.165) is 12.2 Å². The Morgan fingerprint density at radius 3 is 2.22 bits per heavy atom. The lowest BCUT2D eigenvalue weighted by Gasteiger charge is -1.91. The van der Waals surface area contributed by atoms with E-state index in [4.69, 9.17) is 16.7 Å². The van der Waals surface area contributed by atoms with Crippen molar-refractivity contribution in [3.63, 3.8) is 0 Å². The van der Waals surface area contributed by atoms with Crippen molar-refractivity contribution in [1.82, 2.24) is 0 Å². The molecule has 0 spiro atoms. The van der Waals surface area contributed by atoms with E-state index in [2.05, 4.69) is 0 Å². The van der Waals surface area contributed by atoms with Crippen LogP contribution < -0.4 is 0 Å². The van der Waals surface area contributed by atoms with Crippen LogP contribution in [-0.4, -0.2) is 5.11 Å². The maximum atomic E-state index is 8.46. The molecule has 47 valence electrons. The zero-order chi connectivity index (χ0) is 6.69. The van der Waals surface area contributed by atoms with E-state index >= 15 is 0 Å². The van der Waals surface area contributed by atoms with Crippen molar-refractivity contribution in [3.05, 3.63) is 41.5 Å². The molecule has 0 bridgehead atoms. The Bertz CT molecular complexity index is 181. The van der Waals surface area contributed by atoms with Crippen LogP contribution in [0.1, 0.15) is 5.56 Å². The fourth-order valence-corrected chi connectivity index (χ4v) is 0.675. The van der Waals surface area contributed by atoms with Gasteiger partial charge in [-0.3, -0.25) is 0 Å². The first-order chi connectivity index (χ1) is 4.33. The van der Waals surface area contributed by atoms with Gasteiger partial charge in [-0.15, -0.1) is 0 Å². The molecule has 0 saturated carbocycles. The van der Waals surface area contributed by atoms with Gasteiger partial charge in [-0.05, 0) is 17.7 Å². The van der Waals surface area contributed by atoms with Crippen molar-refractivity contribution < 1.29 is 5.11 Å². The van der Waals surface area contributed by atoms with Gasteiger partial charge in [0.25, 0.3) is 0 Å². The van der Waals surface area contributed by atoms with E-state index in [0.29, 0.717) is 5.02 Å². The van der Waals surface area contributed by atoms with Gasteiger partial charge in [0, 0.05) is 5.02 Å². The summed E-state index contributed by atoms with van der Waals surface area (Å²) in [7, 11) is 0. The second-order valence-electron chi connectivity index (χ2n) is 1.68. The molecule has 0 saturated heterocycles. The van der Waals surface area contributed by atoms with E-state index < -0.39 is 0 Å². The Kier molecular flexibility index (Phi) is 2.09. The maximum absolute atomic E-state index is 8.46. The molecular formula is C7H6ClO. The Labute approximate surface area is 58.9 Å². The normalized spacial score (nSPS) is 9.56. The van der Waals surface area contributed by atoms with Gasteiger partial charge in [0.15, 0.2) is 0 Å². The quantitative estimate of drug-likeness (QED) is 0.636. The van der Waals surface area contributed by atoms with Gasteiger partial charge in [-0.1, -0.05) is 23.7 Å². The fourth-order valence-electron chi connectivity index (χ4n) is 0.549. The summed E-state index contributed by atoms with van der Waals surface area (Å²) in [6.07, 6.45) is 0. The predicted octanol–water partition coefficient (Wildman–Crippen LogP) is 2.22. The standard InChI is InChI=1S/C7H6ClO/c8-7-3-1-6(5-9)2-4-7/h1-5,9H. The lowest BCUT2D eigenvalue weighted by Crippen LogP contribution is -1.76. The lowest BCUT2D eigenvalue weighted by molar-refractivity contribution is 0.415. The second-order valence-corrected chi connectivity index (χ2v) is 2.12. The summed E-state index contributed by atoms with van der Waals surface area (Å²) < 4.78 is 0. The molecule has 0 aliphatic carbocycles. The van der Waals surface area contributed by atoms with Gasteiger partial charge in [-0.2, -0.15) is 0 Å². The monoisotopic (exact) mass is 141 g/mol. The van der Waals surface area contributed by atoms with Crippen molar-refractivity contribution in [2.75, 3.05) is 0 Å². The van der Waals surface area contributed by atoms with Crippen LogP contribution in [0.5, 0.6) is 0 Å². The summed E-state index contributed by atoms with van der Waals surface area (Å²) in [5.74, 6) is 0. The number of hydrogen-bond acceptors (Lipinski definition) is 1. The Hall–Kier alpha value is -0.530. The molecule has 1 N–H and O–H groups in total. The fraction of sp³-hybridized carbons (Fsp3) is 0. The summed E-state index contributed by atoms with van der Waals surface area (Å²) in [5, 5.41) is 9.14. The molecular weight excluding hydrogens is 136 g/mol. The number of aliphatic hydroxyl groups excluding tert-OH is 1. The largest absolute Gasteiger partial charge is 0.385 e. The molecule has 0 aliphatic rings. The molecule has 1 aromatic rings. The average Bonchev–Trinajstić information content (AvgIpc) is 1.90. The van der Waals surface area contributed by atoms with E-state index in [-0.39, 0.29) is 0 Å². The van der Waals surface area contributed by atoms with Crippen LogP contribution in [0, 0.1) is 6.61 Å². The molecule has 0 heterocycles. The third-order valence-corrected chi connectivity index (χ3v) is 1.27. The number of hydrogen-bond donors (Lipinski definition) is 1. The van der Waals surface area contributed by atoms with Crippen molar-refractivity contribution in [3.8, 4) is 0 Å². The molecule has 0 amide bonds. The van der Waals surface area contributed by atoms with Crippen LogP contribution in [0.4, 0.5) is 0 Å². The first kappa shape index (κ1) is 6.59. The van der Waals surface area contributed by atoms with E-state index in [1.165, 1.54) is 0 Å². The van der Waals surface area contributed by atoms with Gasteiger partial charge in [0.2, 0.25) is 0 Å². The minimum absolute atomic E-state index is 0.681. The number of rotatable bonds is 1. The van der Waals surface area contributed by atoms with E-state index in [1.54, 1.807) is 24.3 Å². The van der Waals surface area contributed by atoms with E-state index in [1.807, 2.05) is 0 Å². The summed E-state index contributed by atoms with van der Waals surface area (Å²) in [6.45, 7) is 1.04. The number of halogens is 1. The first-order valence-electron chi connectivity index (χ1n) is 2.56. The van der Waals surface area contributed by atoms with Crippen LogP contribution in [0.2, 0.25) is 5.02 Å². The molecule has 1 aromatic carbocycles. The summed E-state index contributed by atoms with van der Waals surface area (Å²) in [6, 6.07) is 6.93. The Balaban J connectivity index is 2.88. The number of benzene rings is 1. The highest BCUT2D eigenvalue weighted by atomic mass is 35.5. The summed E-state index contributed by atoms with van der Waals surface area (Å²) >= 11 is 5.57. The zero-order valence-electron chi connectivity index (χ0n) is 4.71. The van der Waals surface area contributed by atoms with Gasteiger partial charge >= 0.3 is 0 Å². The summed E-state index contributed by atoms with van der Waals surface area (Å²) in [5.41, 5.74) is 0.763. The molecule has 0 aliphatic heterocycles. The molecule has 9 heavy (non-hydrogen) atoms. The van der Waals surface area contributed by atoms with Gasteiger partial charge in [0.05, 0.1) is 0 Å². The van der Waals surface area contributed by atoms with Crippen LogP contribution in [0.3, 0.4) is 0 Å². The molecule has 0 unspecified atom stereocenters. The van der Waals surface area contributed by atoms with Crippen molar-refractivity contribution in [2.24, 2.45) is 0 Å². The molecule has 2 heteroatoms. The topological polar surface area (TPSA) is 20.2 Å². The number of aliphatic hydroxyl groups is 1. The second kappa shape index (κ2) is 2.85. The van der Waals surface area contributed by atoms with Crippen LogP contribution in [0.15, 0.2) is 24.3 Å². The predicted molar refractivity (Wildman–Crippen MR) is 36.8 cm³/mol. The molecule has 0 atom stereocenters. The van der Waals surface area contributed by atoms with Crippen molar-refractivity contribution in [2.45, 2.75) is 0 Å². The van der Waals surface area contributed by atoms with Crippen molar-refractivity contribution in [1.29, 1.82) is 0 Å². The van der Waals surface area contributed by atoms with E-state index in [9.17, 15) is 0 Å². The van der Waals surface area contributed by atoms with Crippen molar-refractivity contribution >= 4 is 11.6 Å². The minimum Gasteiger partial charge on any atom is -0.385 e. The highest BCUT2D eigenvalue weighted by molar-refractivity contribution is 6.30. The average molecular weight is 142 g/mol. The highest BCUT2D eigenvalue weighted by Gasteiger charge is 1.87. The van der Waals surface area contributed by atoms with Crippen LogP contribution >= 0.6 is 11.6 Å². The third-order valence-electron chi connectivity index (χ3n) is 1.02. The Morgan fingerprint density at radius 1 is 1.22 bits per heavy atom. The highest BCUT2D eigenvalue weighted by Crippen LogP contribution is 2.09. The summed E-state index contributed by atoms with van der Waals surface area (Å²) in [4.78, 5) is 0. The van der Waals surface area contributed by atoms with Crippen LogP contribution in [0.25, 0.3) is 0 Å². The minimum atomic E-state index is 0.681. The zero-order valence-corrected chi connectivity index (χ0v) is 5.47. The van der Waals surface area contributed by atoms with Crippen LogP contribution in [-0.2, 0) is 0 Å². The van der Waals surface area contributed by atoms with Gasteiger partial charge in [-0.25, -0.2) is 0 Å². The van der Waals surface area contributed by atoms with Gasteiger partial charge < -0.3 is 5.11 Å². The lowest BCUT2D eigenvalue weighted by atomic mass is 10.2. The smallest absolute Gasteiger partial charge is 0.109 e. The molecule has 0 fully saturated rings. The Morgan fingerprint density at radius 2 is 1.78 bits per heavy atom. The SMILES string of the molecule is O[CH]c1ccc(Cl)cc1. The molecule has 1 radical (unpaired) electrons. The third kappa shape index (κ3) is 1.70.